The number of carbonyl (C=O) groups is 4. The van der Waals surface area contributed by atoms with Crippen LogP contribution in [-0.4, -0.2) is 74.8 Å². The molecule has 2 aromatic rings. The van der Waals surface area contributed by atoms with Crippen molar-refractivity contribution in [1.82, 2.24) is 19.7 Å². The van der Waals surface area contributed by atoms with Crippen molar-refractivity contribution in [2.45, 2.75) is 85.1 Å². The Labute approximate surface area is 227 Å². The molecule has 0 bridgehead atoms. The van der Waals surface area contributed by atoms with Gasteiger partial charge in [-0.3, -0.25) is 9.67 Å². The smallest absolute Gasteiger partial charge is 0.420 e. The van der Waals surface area contributed by atoms with Crippen molar-refractivity contribution in [1.29, 1.82) is 0 Å². The van der Waals surface area contributed by atoms with Crippen LogP contribution in [0, 0.1) is 0 Å². The highest BCUT2D eigenvalue weighted by atomic mass is 16.6. The number of rotatable bonds is 6. The summed E-state index contributed by atoms with van der Waals surface area (Å²) in [5.74, 6) is -1.58. The lowest BCUT2D eigenvalue weighted by Gasteiger charge is -2.32. The van der Waals surface area contributed by atoms with Crippen LogP contribution in [-0.2, 0) is 43.1 Å². The average Bonchev–Trinajstić information content (AvgIpc) is 3.19. The lowest BCUT2D eigenvalue weighted by molar-refractivity contribution is -0.147. The molecule has 2 heterocycles. The minimum absolute atomic E-state index is 0.113. The van der Waals surface area contributed by atoms with Gasteiger partial charge in [0.05, 0.1) is 26.0 Å². The third kappa shape index (κ3) is 6.92. The first-order valence-corrected chi connectivity index (χ1v) is 12.7. The molecule has 0 fully saturated rings. The second kappa shape index (κ2) is 11.4. The minimum atomic E-state index is -1.58. The Morgan fingerprint density at radius 3 is 2.18 bits per heavy atom. The van der Waals surface area contributed by atoms with Crippen LogP contribution < -0.4 is 0 Å². The summed E-state index contributed by atoms with van der Waals surface area (Å²) in [6, 6.07) is 0.219. The number of hydrogen-bond acceptors (Lipinski definition) is 10. The Hall–Kier alpha value is -3.96. The van der Waals surface area contributed by atoms with E-state index in [9.17, 15) is 19.2 Å². The number of imide groups is 1. The highest BCUT2D eigenvalue weighted by Crippen LogP contribution is 2.35. The van der Waals surface area contributed by atoms with Gasteiger partial charge in [-0.25, -0.2) is 19.2 Å². The second-order valence-electron chi connectivity index (χ2n) is 11.0. The molecule has 3 rings (SSSR count). The van der Waals surface area contributed by atoms with Crippen molar-refractivity contribution in [2.24, 2.45) is 0 Å². The minimum Gasteiger partial charge on any atom is -0.467 e. The molecule has 2 aromatic heterocycles. The molecule has 39 heavy (non-hydrogen) atoms. The van der Waals surface area contributed by atoms with E-state index in [1.807, 2.05) is 0 Å². The highest BCUT2D eigenvalue weighted by molar-refractivity contribution is 5.95. The van der Waals surface area contributed by atoms with Crippen molar-refractivity contribution < 1.29 is 38.1 Å². The molecule has 0 N–H and O–H groups in total. The van der Waals surface area contributed by atoms with Gasteiger partial charge in [0.25, 0.3) is 0 Å². The number of carbonyl (C=O) groups excluding carboxylic acids is 4. The summed E-state index contributed by atoms with van der Waals surface area (Å²) in [7, 11) is 1.13. The maximum Gasteiger partial charge on any atom is 0.420 e. The fourth-order valence-electron chi connectivity index (χ4n) is 4.14. The lowest BCUT2D eigenvalue weighted by atomic mass is 9.90. The zero-order valence-electron chi connectivity index (χ0n) is 23.7. The van der Waals surface area contributed by atoms with Gasteiger partial charge in [-0.2, -0.15) is 10.00 Å². The number of nitrogens with zero attached hydrogens (tertiary/aromatic N) is 4. The van der Waals surface area contributed by atoms with Crippen molar-refractivity contribution in [3.63, 3.8) is 0 Å². The summed E-state index contributed by atoms with van der Waals surface area (Å²) < 4.78 is 22.4. The fraction of sp³-hybridized carbons (Fsp3) is 0.556. The quantitative estimate of drug-likeness (QED) is 0.388. The van der Waals surface area contributed by atoms with Gasteiger partial charge >= 0.3 is 24.1 Å². The third-order valence-electron chi connectivity index (χ3n) is 5.63. The molecular formula is C27H36N4O8. The largest absolute Gasteiger partial charge is 0.467 e. The van der Waals surface area contributed by atoms with E-state index in [2.05, 4.69) is 10.1 Å². The molecule has 1 aliphatic carbocycles. The van der Waals surface area contributed by atoms with Crippen LogP contribution >= 0.6 is 0 Å². The summed E-state index contributed by atoms with van der Waals surface area (Å²) >= 11 is 0. The van der Waals surface area contributed by atoms with Crippen LogP contribution in [0.1, 0.15) is 70.1 Å². The summed E-state index contributed by atoms with van der Waals surface area (Å²) in [5.41, 5.74) is 1.06. The number of methoxy groups -OCH3 is 1. The maximum absolute atomic E-state index is 13.3. The normalized spacial score (nSPS) is 13.4. The van der Waals surface area contributed by atoms with Crippen LogP contribution in [0.3, 0.4) is 0 Å². The zero-order valence-corrected chi connectivity index (χ0v) is 23.7. The monoisotopic (exact) mass is 544 g/mol. The Balaban J connectivity index is 2.16. The molecule has 0 aliphatic heterocycles. The number of fused-ring (bicyclic) bond motifs is 3. The summed E-state index contributed by atoms with van der Waals surface area (Å²) in [5, 5.41) is 4.65. The number of aryl methyl sites for hydroxylation is 1. The third-order valence-corrected chi connectivity index (χ3v) is 5.63. The second-order valence-corrected chi connectivity index (χ2v) is 11.0. The molecular weight excluding hydrogens is 508 g/mol. The molecule has 0 saturated heterocycles. The molecule has 2 amide bonds. The van der Waals surface area contributed by atoms with Gasteiger partial charge < -0.3 is 18.9 Å². The van der Waals surface area contributed by atoms with E-state index in [-0.39, 0.29) is 12.3 Å². The first-order valence-electron chi connectivity index (χ1n) is 12.7. The molecule has 12 nitrogen and oxygen atoms in total. The van der Waals surface area contributed by atoms with E-state index in [1.54, 1.807) is 66.9 Å². The molecule has 0 radical (unpaired) electrons. The van der Waals surface area contributed by atoms with Crippen LogP contribution in [0.15, 0.2) is 18.5 Å². The van der Waals surface area contributed by atoms with E-state index in [0.717, 1.165) is 18.2 Å². The molecule has 0 spiro atoms. The van der Waals surface area contributed by atoms with Crippen molar-refractivity contribution in [3.05, 3.63) is 35.3 Å². The Kier molecular flexibility index (Phi) is 8.67. The number of pyridine rings is 1. The maximum atomic E-state index is 13.3. The fourth-order valence-corrected chi connectivity index (χ4v) is 4.14. The van der Waals surface area contributed by atoms with Crippen molar-refractivity contribution in [3.8, 4) is 11.3 Å². The number of hydrogen-bond donors (Lipinski definition) is 0. The van der Waals surface area contributed by atoms with E-state index in [0.29, 0.717) is 29.0 Å². The average molecular weight is 545 g/mol. The van der Waals surface area contributed by atoms with Crippen LogP contribution in [0.2, 0.25) is 0 Å². The van der Waals surface area contributed by atoms with Gasteiger partial charge in [-0.15, -0.1) is 0 Å². The zero-order chi connectivity index (χ0) is 29.1. The first kappa shape index (κ1) is 29.6. The Morgan fingerprint density at radius 1 is 1.03 bits per heavy atom. The molecule has 1 unspecified atom stereocenters. The number of ether oxygens (including phenoxy) is 4. The molecule has 0 aromatic carbocycles. The Bertz CT molecular complexity index is 1230. The summed E-state index contributed by atoms with van der Waals surface area (Å²) in [6.07, 6.45) is 2.24. The van der Waals surface area contributed by atoms with E-state index in [4.69, 9.17) is 18.9 Å². The number of aromatic nitrogens is 3. The van der Waals surface area contributed by atoms with Gasteiger partial charge in [-0.05, 0) is 72.9 Å². The van der Waals surface area contributed by atoms with Gasteiger partial charge in [0.15, 0.2) is 6.04 Å². The molecule has 1 atom stereocenters. The topological polar surface area (TPSA) is 139 Å². The summed E-state index contributed by atoms with van der Waals surface area (Å²) in [4.78, 5) is 57.5. The molecule has 0 saturated carbocycles. The standard InChI is InChI=1S/C27H36N4O8/c1-9-37-23(33)21-18-11-10-16-14-28-13-12-17(16)20(18)29-30(21)15-19(22(32)36-8)31(24(34)38-26(2,3)4)25(35)39-27(5,6)7/h12-14,19H,9-11,15H2,1-8H3. The predicted octanol–water partition coefficient (Wildman–Crippen LogP) is 3.93. The predicted molar refractivity (Wildman–Crippen MR) is 139 cm³/mol. The van der Waals surface area contributed by atoms with Crippen LogP contribution in [0.5, 0.6) is 0 Å². The van der Waals surface area contributed by atoms with E-state index >= 15 is 0 Å². The Morgan fingerprint density at radius 2 is 1.64 bits per heavy atom. The molecule has 12 heteroatoms. The van der Waals surface area contributed by atoms with Crippen LogP contribution in [0.4, 0.5) is 9.59 Å². The van der Waals surface area contributed by atoms with E-state index in [1.165, 1.54) is 4.68 Å². The molecule has 1 aliphatic rings. The van der Waals surface area contributed by atoms with Gasteiger partial charge in [0, 0.05) is 23.5 Å². The van der Waals surface area contributed by atoms with E-state index < -0.39 is 47.9 Å². The SMILES string of the molecule is CCOC(=O)c1c2c(nn1CC(C(=O)OC)N(C(=O)OC(C)(C)C)C(=O)OC(C)(C)C)-c1ccncc1CC2. The number of amides is 2. The first-order chi connectivity index (χ1) is 18.2. The molecule has 212 valence electrons. The van der Waals surface area contributed by atoms with Gasteiger partial charge in [0.2, 0.25) is 0 Å². The van der Waals surface area contributed by atoms with Crippen molar-refractivity contribution >= 4 is 24.1 Å². The number of esters is 2. The lowest BCUT2D eigenvalue weighted by Crippen LogP contribution is -2.54. The van der Waals surface area contributed by atoms with Crippen molar-refractivity contribution in [2.75, 3.05) is 13.7 Å². The highest BCUT2D eigenvalue weighted by Gasteiger charge is 2.42. The van der Waals surface area contributed by atoms with Gasteiger partial charge in [-0.1, -0.05) is 0 Å². The summed E-state index contributed by atoms with van der Waals surface area (Å²) in [6.45, 7) is 11.1. The van der Waals surface area contributed by atoms with Gasteiger partial charge in [0.1, 0.15) is 16.9 Å². The van der Waals surface area contributed by atoms with Crippen LogP contribution in [0.25, 0.3) is 11.3 Å².